The summed E-state index contributed by atoms with van der Waals surface area (Å²) in [5.74, 6) is 1.17. The van der Waals surface area contributed by atoms with Crippen LogP contribution >= 0.6 is 0 Å². The van der Waals surface area contributed by atoms with Crippen molar-refractivity contribution < 1.29 is 9.63 Å². The minimum Gasteiger partial charge on any atom is -0.494 e. The third kappa shape index (κ3) is 3.79. The molecular formula is C25H28N4O2. The molecule has 1 saturated heterocycles. The summed E-state index contributed by atoms with van der Waals surface area (Å²) in [5.41, 5.74) is 4.80. The molecule has 0 atom stereocenters. The molecule has 5 rings (SSSR count). The number of nitrogens with one attached hydrogen (secondary N) is 1. The predicted molar refractivity (Wildman–Crippen MR) is 126 cm³/mol. The molecule has 2 aromatic heterocycles. The number of hydrogen-bond donors (Lipinski definition) is 2. The number of aryl methyl sites for hydroxylation is 1. The standard InChI is InChI=1S/C25H28N4O2/c1-17(2)23-20-16-18(9-10-21(20)26-25(23)30)6-5-11-28-12-14-29(15-13-28)24-19-7-3-4-8-22(19)31-27-24/h3-4,7-10,16,26,30H,1,5-6,11-15H2,2H3. The van der Waals surface area contributed by atoms with Gasteiger partial charge in [-0.15, -0.1) is 0 Å². The summed E-state index contributed by atoms with van der Waals surface area (Å²) in [6, 6.07) is 14.4. The highest BCUT2D eigenvalue weighted by molar-refractivity contribution is 5.95. The van der Waals surface area contributed by atoms with Crippen LogP contribution in [0, 0.1) is 0 Å². The molecule has 31 heavy (non-hydrogen) atoms. The van der Waals surface area contributed by atoms with Crippen LogP contribution in [0.25, 0.3) is 27.4 Å². The largest absolute Gasteiger partial charge is 0.494 e. The Morgan fingerprint density at radius 3 is 2.74 bits per heavy atom. The van der Waals surface area contributed by atoms with Gasteiger partial charge < -0.3 is 19.5 Å². The molecule has 2 aromatic carbocycles. The number of rotatable bonds is 6. The lowest BCUT2D eigenvalue weighted by molar-refractivity contribution is 0.254. The van der Waals surface area contributed by atoms with Crippen molar-refractivity contribution in [3.8, 4) is 5.88 Å². The fraction of sp³-hybridized carbons (Fsp3) is 0.320. The minimum absolute atomic E-state index is 0.206. The van der Waals surface area contributed by atoms with Gasteiger partial charge in [0.1, 0.15) is 0 Å². The quantitative estimate of drug-likeness (QED) is 0.472. The molecular weight excluding hydrogens is 388 g/mol. The lowest BCUT2D eigenvalue weighted by Gasteiger charge is -2.34. The topological polar surface area (TPSA) is 68.5 Å². The second-order valence-electron chi connectivity index (χ2n) is 8.44. The molecule has 3 heterocycles. The summed E-state index contributed by atoms with van der Waals surface area (Å²) in [5, 5.41) is 16.6. The fourth-order valence-electron chi connectivity index (χ4n) is 4.60. The number of fused-ring (bicyclic) bond motifs is 2. The Morgan fingerprint density at radius 2 is 1.94 bits per heavy atom. The number of allylic oxidation sites excluding steroid dienone is 1. The van der Waals surface area contributed by atoms with E-state index in [1.54, 1.807) is 0 Å². The first-order chi connectivity index (χ1) is 15.1. The number of hydrogen-bond acceptors (Lipinski definition) is 5. The maximum absolute atomic E-state index is 10.2. The van der Waals surface area contributed by atoms with Crippen molar-refractivity contribution in [3.63, 3.8) is 0 Å². The molecule has 1 fully saturated rings. The molecule has 1 aliphatic rings. The van der Waals surface area contributed by atoms with Crippen molar-refractivity contribution >= 4 is 33.3 Å². The van der Waals surface area contributed by atoms with Gasteiger partial charge in [-0.3, -0.25) is 4.90 Å². The van der Waals surface area contributed by atoms with Crippen LogP contribution in [-0.4, -0.2) is 52.9 Å². The van der Waals surface area contributed by atoms with Gasteiger partial charge in [-0.25, -0.2) is 0 Å². The zero-order chi connectivity index (χ0) is 21.4. The van der Waals surface area contributed by atoms with Crippen molar-refractivity contribution in [1.82, 2.24) is 15.0 Å². The summed E-state index contributed by atoms with van der Waals surface area (Å²) < 4.78 is 5.47. The first-order valence-corrected chi connectivity index (χ1v) is 10.9. The molecule has 2 N–H and O–H groups in total. The van der Waals surface area contributed by atoms with Crippen molar-refractivity contribution in [2.75, 3.05) is 37.6 Å². The number of aromatic nitrogens is 2. The lowest BCUT2D eigenvalue weighted by Crippen LogP contribution is -2.46. The Kier molecular flexibility index (Phi) is 5.16. The van der Waals surface area contributed by atoms with Crippen LogP contribution in [0.2, 0.25) is 0 Å². The van der Waals surface area contributed by atoms with E-state index in [0.717, 1.165) is 84.4 Å². The van der Waals surface area contributed by atoms with Gasteiger partial charge in [0.05, 0.1) is 5.39 Å². The van der Waals surface area contributed by atoms with Gasteiger partial charge in [0.25, 0.3) is 0 Å². The highest BCUT2D eigenvalue weighted by Gasteiger charge is 2.21. The molecule has 4 aromatic rings. The second-order valence-corrected chi connectivity index (χ2v) is 8.44. The summed E-state index contributed by atoms with van der Waals surface area (Å²) >= 11 is 0. The number of H-pyrrole nitrogens is 1. The molecule has 0 spiro atoms. The average Bonchev–Trinajstić information content (AvgIpc) is 3.34. The summed E-state index contributed by atoms with van der Waals surface area (Å²) in [7, 11) is 0. The molecule has 0 amide bonds. The number of aromatic amines is 1. The Balaban J connectivity index is 1.17. The summed E-state index contributed by atoms with van der Waals surface area (Å²) in [4.78, 5) is 7.89. The Morgan fingerprint density at radius 1 is 1.13 bits per heavy atom. The molecule has 6 nitrogen and oxygen atoms in total. The molecule has 0 bridgehead atoms. The van der Waals surface area contributed by atoms with Crippen LogP contribution in [0.5, 0.6) is 5.88 Å². The Bertz CT molecular complexity index is 1230. The van der Waals surface area contributed by atoms with Crippen LogP contribution < -0.4 is 4.90 Å². The molecule has 0 radical (unpaired) electrons. The third-order valence-electron chi connectivity index (χ3n) is 6.24. The zero-order valence-corrected chi connectivity index (χ0v) is 17.9. The molecule has 0 aliphatic carbocycles. The van der Waals surface area contributed by atoms with Crippen LogP contribution in [0.3, 0.4) is 0 Å². The predicted octanol–water partition coefficient (Wildman–Crippen LogP) is 4.80. The van der Waals surface area contributed by atoms with Gasteiger partial charge in [0, 0.05) is 42.6 Å². The molecule has 0 unspecified atom stereocenters. The number of anilines is 1. The fourth-order valence-corrected chi connectivity index (χ4v) is 4.60. The van der Waals surface area contributed by atoms with Crippen molar-refractivity contribution in [2.24, 2.45) is 0 Å². The summed E-state index contributed by atoms with van der Waals surface area (Å²) in [6.45, 7) is 11.0. The number of benzene rings is 2. The van der Waals surface area contributed by atoms with Crippen LogP contribution in [-0.2, 0) is 6.42 Å². The summed E-state index contributed by atoms with van der Waals surface area (Å²) in [6.07, 6.45) is 2.13. The Labute approximate surface area is 181 Å². The van der Waals surface area contributed by atoms with Crippen molar-refractivity contribution in [3.05, 3.63) is 60.2 Å². The maximum atomic E-state index is 10.2. The number of aromatic hydroxyl groups is 1. The highest BCUT2D eigenvalue weighted by Crippen LogP contribution is 2.33. The van der Waals surface area contributed by atoms with E-state index >= 15 is 0 Å². The van der Waals surface area contributed by atoms with Gasteiger partial charge >= 0.3 is 0 Å². The van der Waals surface area contributed by atoms with E-state index in [1.807, 2.05) is 25.1 Å². The van der Waals surface area contributed by atoms with E-state index in [9.17, 15) is 5.11 Å². The van der Waals surface area contributed by atoms with E-state index in [0.29, 0.717) is 0 Å². The maximum Gasteiger partial charge on any atom is 0.197 e. The first-order valence-electron chi connectivity index (χ1n) is 10.9. The van der Waals surface area contributed by atoms with Crippen molar-refractivity contribution in [1.29, 1.82) is 0 Å². The molecule has 0 saturated carbocycles. The van der Waals surface area contributed by atoms with Crippen LogP contribution in [0.1, 0.15) is 24.5 Å². The number of para-hydroxylation sites is 1. The normalized spacial score (nSPS) is 15.2. The minimum atomic E-state index is 0.206. The van der Waals surface area contributed by atoms with E-state index in [-0.39, 0.29) is 5.88 Å². The smallest absolute Gasteiger partial charge is 0.197 e. The number of nitrogens with zero attached hydrogens (tertiary/aromatic N) is 3. The zero-order valence-electron chi connectivity index (χ0n) is 17.9. The van der Waals surface area contributed by atoms with Gasteiger partial charge in [0.15, 0.2) is 17.3 Å². The monoisotopic (exact) mass is 416 g/mol. The van der Waals surface area contributed by atoms with Gasteiger partial charge in [-0.05, 0) is 61.7 Å². The van der Waals surface area contributed by atoms with Crippen LogP contribution in [0.4, 0.5) is 5.82 Å². The molecule has 1 aliphatic heterocycles. The lowest BCUT2D eigenvalue weighted by atomic mass is 10.0. The molecule has 6 heteroatoms. The van der Waals surface area contributed by atoms with Crippen LogP contribution in [0.15, 0.2) is 53.6 Å². The van der Waals surface area contributed by atoms with E-state index in [2.05, 4.69) is 50.8 Å². The van der Waals surface area contributed by atoms with Gasteiger partial charge in [-0.1, -0.05) is 29.9 Å². The van der Waals surface area contributed by atoms with E-state index < -0.39 is 0 Å². The van der Waals surface area contributed by atoms with Gasteiger partial charge in [-0.2, -0.15) is 0 Å². The number of piperazine rings is 1. The second kappa shape index (κ2) is 8.12. The third-order valence-corrected chi connectivity index (χ3v) is 6.24. The molecule has 160 valence electrons. The van der Waals surface area contributed by atoms with E-state index in [1.165, 1.54) is 5.56 Å². The Hall–Kier alpha value is -3.25. The first kappa shape index (κ1) is 19.7. The van der Waals surface area contributed by atoms with E-state index in [4.69, 9.17) is 4.52 Å². The van der Waals surface area contributed by atoms with Gasteiger partial charge in [0.2, 0.25) is 0 Å². The SMILES string of the molecule is C=C(C)c1c(O)[nH]c2ccc(CCCN3CCN(c4noc5ccccc45)CC3)cc12. The van der Waals surface area contributed by atoms with Crippen molar-refractivity contribution in [2.45, 2.75) is 19.8 Å². The average molecular weight is 417 g/mol. The highest BCUT2D eigenvalue weighted by atomic mass is 16.5.